The van der Waals surface area contributed by atoms with Crippen molar-refractivity contribution in [3.05, 3.63) is 34.9 Å². The first-order chi connectivity index (χ1) is 10.2. The number of rotatable bonds is 10. The first-order valence-corrected chi connectivity index (χ1v) is 7.49. The normalized spacial score (nSPS) is 11.5. The second-order valence-corrected chi connectivity index (χ2v) is 4.81. The average molecular weight is 314 g/mol. The molecule has 0 fully saturated rings. The Morgan fingerprint density at radius 2 is 2.14 bits per heavy atom. The smallest absolute Gasteiger partial charge is 0.166 e. The van der Waals surface area contributed by atoms with Crippen LogP contribution in [-0.4, -0.2) is 33.5 Å². The van der Waals surface area contributed by atoms with Gasteiger partial charge in [-0.25, -0.2) is 0 Å². The van der Waals surface area contributed by atoms with Gasteiger partial charge in [0.15, 0.2) is 11.5 Å². The highest BCUT2D eigenvalue weighted by molar-refractivity contribution is 6.25. The van der Waals surface area contributed by atoms with Gasteiger partial charge in [-0.3, -0.25) is 0 Å². The Morgan fingerprint density at radius 1 is 1.33 bits per heavy atom. The number of hydrogen-bond acceptors (Lipinski definition) is 4. The maximum atomic E-state index is 5.88. The predicted octanol–water partition coefficient (Wildman–Crippen LogP) is 3.34. The lowest BCUT2D eigenvalue weighted by Gasteiger charge is -2.16. The highest BCUT2D eigenvalue weighted by atomic mass is 35.5. The summed E-state index contributed by atoms with van der Waals surface area (Å²) in [5.74, 6) is 1.52. The zero-order valence-corrected chi connectivity index (χ0v) is 13.7. The Hall–Kier alpha value is -1.23. The van der Waals surface area contributed by atoms with E-state index in [1.165, 1.54) is 5.54 Å². The van der Waals surface area contributed by atoms with Gasteiger partial charge in [-0.2, -0.15) is 0 Å². The van der Waals surface area contributed by atoms with Crippen LogP contribution in [0.1, 0.15) is 19.4 Å². The van der Waals surface area contributed by atoms with Crippen molar-refractivity contribution >= 4 is 11.6 Å². The number of methoxy groups -OCH3 is 1. The molecule has 0 amide bonds. The topological polar surface area (TPSA) is 39.7 Å². The summed E-state index contributed by atoms with van der Waals surface area (Å²) in [5.41, 5.74) is 3.54. The third-order valence-electron chi connectivity index (χ3n) is 2.79. The highest BCUT2D eigenvalue weighted by Gasteiger charge is 2.11. The lowest BCUT2D eigenvalue weighted by Crippen LogP contribution is -2.19. The minimum absolute atomic E-state index is 0.443. The molecule has 0 bridgehead atoms. The Kier molecular flexibility index (Phi) is 8.90. The molecule has 4 nitrogen and oxygen atoms in total. The molecule has 0 atom stereocenters. The number of halogens is 1. The van der Waals surface area contributed by atoms with Gasteiger partial charge in [-0.1, -0.05) is 23.7 Å². The Balaban J connectivity index is 2.80. The molecule has 0 aromatic heterocycles. The largest absolute Gasteiger partial charge is 0.490 e. The molecule has 0 aliphatic heterocycles. The van der Waals surface area contributed by atoms with Crippen molar-refractivity contribution in [3.63, 3.8) is 0 Å². The molecule has 0 unspecified atom stereocenters. The third kappa shape index (κ3) is 6.38. The maximum absolute atomic E-state index is 5.88. The van der Waals surface area contributed by atoms with Gasteiger partial charge in [0, 0.05) is 31.3 Å². The van der Waals surface area contributed by atoms with Gasteiger partial charge in [0.25, 0.3) is 0 Å². The minimum atomic E-state index is 0.443. The second-order valence-electron chi connectivity index (χ2n) is 4.59. The van der Waals surface area contributed by atoms with E-state index >= 15 is 0 Å². The number of hydrogen-bond donors (Lipinski definition) is 1. The quantitative estimate of drug-likeness (QED) is 0.673. The molecule has 0 heterocycles. The molecule has 1 aromatic carbocycles. The molecular formula is C16H24ClNO3. The third-order valence-corrected chi connectivity index (χ3v) is 3.16. The molecule has 21 heavy (non-hydrogen) atoms. The van der Waals surface area contributed by atoms with Gasteiger partial charge < -0.3 is 19.5 Å². The fourth-order valence-corrected chi connectivity index (χ4v) is 1.81. The number of para-hydroxylation sites is 1. The summed E-state index contributed by atoms with van der Waals surface area (Å²) in [4.78, 5) is 0. The molecule has 0 saturated carbocycles. The highest BCUT2D eigenvalue weighted by Crippen LogP contribution is 2.31. The second kappa shape index (κ2) is 10.5. The number of ether oxygens (including phenoxy) is 3. The zero-order valence-electron chi connectivity index (χ0n) is 12.9. The van der Waals surface area contributed by atoms with E-state index < -0.39 is 0 Å². The van der Waals surface area contributed by atoms with Gasteiger partial charge in [0.2, 0.25) is 0 Å². The fourth-order valence-electron chi connectivity index (χ4n) is 1.75. The van der Waals surface area contributed by atoms with Crippen LogP contribution in [0.15, 0.2) is 29.3 Å². The lowest BCUT2D eigenvalue weighted by molar-refractivity contribution is 0.199. The first-order valence-electron chi connectivity index (χ1n) is 7.05. The zero-order chi connectivity index (χ0) is 15.5. The summed E-state index contributed by atoms with van der Waals surface area (Å²) >= 11 is 5.68. The molecule has 0 spiro atoms. The van der Waals surface area contributed by atoms with Crippen LogP contribution in [0.3, 0.4) is 0 Å². The van der Waals surface area contributed by atoms with Crippen molar-refractivity contribution in [2.24, 2.45) is 0 Å². The van der Waals surface area contributed by atoms with Crippen molar-refractivity contribution in [2.75, 3.05) is 33.5 Å². The standard InChI is InChI=1S/C16H24ClNO3/c1-4-20-15-7-5-6-14(11-18-8-9-19-3)16(15)21-12-13(2)10-17/h5-7,10,18H,4,8-9,11-12H2,1-3H3/b13-10+. The van der Waals surface area contributed by atoms with Gasteiger partial charge in [0.05, 0.1) is 13.2 Å². The van der Waals surface area contributed by atoms with E-state index in [4.69, 9.17) is 25.8 Å². The molecule has 0 aliphatic carbocycles. The Bertz CT molecular complexity index is 449. The summed E-state index contributed by atoms with van der Waals surface area (Å²) in [5, 5.41) is 3.31. The summed E-state index contributed by atoms with van der Waals surface area (Å²) in [6.45, 7) is 7.08. The molecule has 1 aromatic rings. The van der Waals surface area contributed by atoms with Gasteiger partial charge in [-0.05, 0) is 25.5 Å². The summed E-state index contributed by atoms with van der Waals surface area (Å²) < 4.78 is 16.5. The van der Waals surface area contributed by atoms with Crippen LogP contribution in [0.25, 0.3) is 0 Å². The summed E-state index contributed by atoms with van der Waals surface area (Å²) in [6.07, 6.45) is 0. The van der Waals surface area contributed by atoms with Gasteiger partial charge in [-0.15, -0.1) is 0 Å². The Morgan fingerprint density at radius 3 is 2.81 bits per heavy atom. The van der Waals surface area contributed by atoms with Crippen LogP contribution >= 0.6 is 11.6 Å². The van der Waals surface area contributed by atoms with Crippen LogP contribution in [0.5, 0.6) is 11.5 Å². The molecule has 1 N–H and O–H groups in total. The Labute approximate surface area is 132 Å². The molecule has 1 rings (SSSR count). The van der Waals surface area contributed by atoms with E-state index in [-0.39, 0.29) is 0 Å². The minimum Gasteiger partial charge on any atom is -0.490 e. The van der Waals surface area contributed by atoms with Crippen molar-refractivity contribution in [2.45, 2.75) is 20.4 Å². The van der Waals surface area contributed by atoms with E-state index in [9.17, 15) is 0 Å². The summed E-state index contributed by atoms with van der Waals surface area (Å²) in [7, 11) is 1.69. The van der Waals surface area contributed by atoms with E-state index in [2.05, 4.69) is 5.32 Å². The molecule has 0 saturated heterocycles. The van der Waals surface area contributed by atoms with Crippen LogP contribution in [-0.2, 0) is 11.3 Å². The molecule has 0 radical (unpaired) electrons. The predicted molar refractivity (Wildman–Crippen MR) is 86.3 cm³/mol. The van der Waals surface area contributed by atoms with Gasteiger partial charge >= 0.3 is 0 Å². The SMILES string of the molecule is CCOc1cccc(CNCCOC)c1OC/C(C)=C/Cl. The maximum Gasteiger partial charge on any atom is 0.166 e. The monoisotopic (exact) mass is 313 g/mol. The van der Waals surface area contributed by atoms with Crippen molar-refractivity contribution in [1.82, 2.24) is 5.32 Å². The summed E-state index contributed by atoms with van der Waals surface area (Å²) in [6, 6.07) is 5.91. The lowest BCUT2D eigenvalue weighted by atomic mass is 10.2. The van der Waals surface area contributed by atoms with Crippen LogP contribution in [0.2, 0.25) is 0 Å². The first kappa shape index (κ1) is 17.8. The molecular weight excluding hydrogens is 290 g/mol. The van der Waals surface area contributed by atoms with E-state index in [0.29, 0.717) is 26.4 Å². The number of benzene rings is 1. The van der Waals surface area contributed by atoms with E-state index in [0.717, 1.165) is 29.2 Å². The molecule has 0 aliphatic rings. The van der Waals surface area contributed by atoms with Crippen LogP contribution in [0, 0.1) is 0 Å². The molecule has 118 valence electrons. The van der Waals surface area contributed by atoms with Crippen molar-refractivity contribution < 1.29 is 14.2 Å². The van der Waals surface area contributed by atoms with Crippen molar-refractivity contribution in [1.29, 1.82) is 0 Å². The average Bonchev–Trinajstić information content (AvgIpc) is 2.50. The van der Waals surface area contributed by atoms with Crippen LogP contribution < -0.4 is 14.8 Å². The number of nitrogens with one attached hydrogen (secondary N) is 1. The van der Waals surface area contributed by atoms with E-state index in [1.54, 1.807) is 7.11 Å². The van der Waals surface area contributed by atoms with E-state index in [1.807, 2.05) is 32.0 Å². The van der Waals surface area contributed by atoms with Crippen molar-refractivity contribution in [3.8, 4) is 11.5 Å². The van der Waals surface area contributed by atoms with Crippen LogP contribution in [0.4, 0.5) is 0 Å². The van der Waals surface area contributed by atoms with Gasteiger partial charge in [0.1, 0.15) is 6.61 Å². The molecule has 5 heteroatoms. The fraction of sp³-hybridized carbons (Fsp3) is 0.500.